The second kappa shape index (κ2) is 7.23. The van der Waals surface area contributed by atoms with E-state index in [1.807, 2.05) is 0 Å². The largest absolute Gasteiger partial charge is 0.358 e. The van der Waals surface area contributed by atoms with Gasteiger partial charge >= 0.3 is 10.1 Å². The van der Waals surface area contributed by atoms with Gasteiger partial charge in [0.05, 0.1) is 11.8 Å². The minimum atomic E-state index is -3.85. The summed E-state index contributed by atoms with van der Waals surface area (Å²) >= 11 is 0. The molecule has 5 nitrogen and oxygen atoms in total. The van der Waals surface area contributed by atoms with Gasteiger partial charge in [0.1, 0.15) is 4.90 Å². The van der Waals surface area contributed by atoms with E-state index in [0.29, 0.717) is 12.8 Å². The molecule has 0 heterocycles. The van der Waals surface area contributed by atoms with Crippen LogP contribution in [0.2, 0.25) is 0 Å². The predicted octanol–water partition coefficient (Wildman–Crippen LogP) is 3.24. The van der Waals surface area contributed by atoms with Crippen LogP contribution in [-0.2, 0) is 14.4 Å². The second-order valence-electron chi connectivity index (χ2n) is 5.11. The Morgan fingerprint density at radius 2 is 1.90 bits per heavy atom. The summed E-state index contributed by atoms with van der Waals surface area (Å²) in [5, 5.41) is 12.8. The van der Waals surface area contributed by atoms with Gasteiger partial charge in [-0.05, 0) is 44.2 Å². The number of oxime groups is 1. The van der Waals surface area contributed by atoms with Crippen molar-refractivity contribution in [3.63, 3.8) is 0 Å². The molecule has 0 spiro atoms. The molecule has 1 saturated carbocycles. The number of hydrogen-bond donors (Lipinski definition) is 0. The van der Waals surface area contributed by atoms with Gasteiger partial charge in [-0.3, -0.25) is 4.28 Å². The molecule has 0 amide bonds. The molecule has 1 fully saturated rings. The summed E-state index contributed by atoms with van der Waals surface area (Å²) in [6.07, 6.45) is 4.83. The second-order valence-corrected chi connectivity index (χ2v) is 6.64. The SMILES string of the molecule is N#CC1CCCCC(=NOS(=O)(=O)c2ccccc2)CC1. The fraction of sp³-hybridized carbons (Fsp3) is 0.467. The summed E-state index contributed by atoms with van der Waals surface area (Å²) in [6.45, 7) is 0. The molecule has 2 rings (SSSR count). The van der Waals surface area contributed by atoms with Gasteiger partial charge in [-0.25, -0.2) is 0 Å². The maximum atomic E-state index is 12.0. The molecule has 0 saturated heterocycles. The Labute approximate surface area is 125 Å². The highest BCUT2D eigenvalue weighted by molar-refractivity contribution is 7.86. The van der Waals surface area contributed by atoms with E-state index in [0.717, 1.165) is 31.4 Å². The topological polar surface area (TPSA) is 79.5 Å². The fourth-order valence-electron chi connectivity index (χ4n) is 2.28. The molecule has 1 atom stereocenters. The zero-order valence-corrected chi connectivity index (χ0v) is 12.6. The Hall–Kier alpha value is -1.87. The molecule has 0 bridgehead atoms. The lowest BCUT2D eigenvalue weighted by Gasteiger charge is -2.14. The van der Waals surface area contributed by atoms with Crippen LogP contribution >= 0.6 is 0 Å². The van der Waals surface area contributed by atoms with E-state index in [9.17, 15) is 8.42 Å². The Balaban J connectivity index is 2.04. The summed E-state index contributed by atoms with van der Waals surface area (Å²) in [4.78, 5) is 0.0927. The Bertz CT molecular complexity index is 633. The summed E-state index contributed by atoms with van der Waals surface area (Å²) < 4.78 is 28.7. The van der Waals surface area contributed by atoms with Gasteiger partial charge in [-0.1, -0.05) is 29.8 Å². The van der Waals surface area contributed by atoms with Crippen molar-refractivity contribution in [3.8, 4) is 6.07 Å². The quantitative estimate of drug-likeness (QED) is 0.803. The van der Waals surface area contributed by atoms with Crippen LogP contribution in [0.3, 0.4) is 0 Å². The van der Waals surface area contributed by atoms with Crippen LogP contribution in [0.5, 0.6) is 0 Å². The highest BCUT2D eigenvalue weighted by atomic mass is 32.2. The lowest BCUT2D eigenvalue weighted by Crippen LogP contribution is -2.10. The Kier molecular flexibility index (Phi) is 5.34. The number of nitrogens with zero attached hydrogens (tertiary/aromatic N) is 2. The van der Waals surface area contributed by atoms with Crippen LogP contribution < -0.4 is 0 Å². The van der Waals surface area contributed by atoms with Gasteiger partial charge in [0.25, 0.3) is 0 Å². The van der Waals surface area contributed by atoms with E-state index in [1.165, 1.54) is 12.1 Å². The molecule has 112 valence electrons. The normalized spacial score (nSPS) is 22.0. The van der Waals surface area contributed by atoms with Crippen LogP contribution in [0.25, 0.3) is 0 Å². The molecule has 0 N–H and O–H groups in total. The fourth-order valence-corrected chi connectivity index (χ4v) is 3.06. The molecule has 21 heavy (non-hydrogen) atoms. The van der Waals surface area contributed by atoms with Crippen molar-refractivity contribution in [2.45, 2.75) is 43.4 Å². The third-order valence-corrected chi connectivity index (χ3v) is 4.65. The summed E-state index contributed by atoms with van der Waals surface area (Å²) in [5.74, 6) is 0.0289. The van der Waals surface area contributed by atoms with Crippen LogP contribution in [0.4, 0.5) is 0 Å². The highest BCUT2D eigenvalue weighted by Crippen LogP contribution is 2.21. The Morgan fingerprint density at radius 1 is 1.14 bits per heavy atom. The average molecular weight is 306 g/mol. The van der Waals surface area contributed by atoms with E-state index in [-0.39, 0.29) is 10.8 Å². The summed E-state index contributed by atoms with van der Waals surface area (Å²) in [6, 6.07) is 10.2. The van der Waals surface area contributed by atoms with Crippen molar-refractivity contribution in [3.05, 3.63) is 30.3 Å². The minimum Gasteiger partial charge on any atom is -0.265 e. The van der Waals surface area contributed by atoms with Crippen molar-refractivity contribution in [2.24, 2.45) is 11.1 Å². The van der Waals surface area contributed by atoms with E-state index >= 15 is 0 Å². The monoisotopic (exact) mass is 306 g/mol. The first-order valence-electron chi connectivity index (χ1n) is 7.06. The lowest BCUT2D eigenvalue weighted by atomic mass is 9.91. The molecule has 6 heteroatoms. The number of rotatable bonds is 3. The number of nitriles is 1. The third kappa shape index (κ3) is 4.57. The van der Waals surface area contributed by atoms with Gasteiger partial charge in [-0.15, -0.1) is 0 Å². The van der Waals surface area contributed by atoms with Crippen molar-refractivity contribution in [1.29, 1.82) is 5.26 Å². The first-order valence-corrected chi connectivity index (χ1v) is 8.47. The summed E-state index contributed by atoms with van der Waals surface area (Å²) in [7, 11) is -3.85. The van der Waals surface area contributed by atoms with Crippen LogP contribution in [0.1, 0.15) is 38.5 Å². The molecule has 1 aromatic rings. The number of benzene rings is 1. The molecule has 1 aromatic carbocycles. The van der Waals surface area contributed by atoms with Gasteiger partial charge in [0.2, 0.25) is 0 Å². The van der Waals surface area contributed by atoms with Crippen LogP contribution in [0.15, 0.2) is 40.4 Å². The standard InChI is InChI=1S/C15H18N2O3S/c16-12-13-6-4-5-7-14(11-10-13)17-20-21(18,19)15-8-2-1-3-9-15/h1-3,8-9,13H,4-7,10-11H2. The molecule has 0 radical (unpaired) electrons. The first-order chi connectivity index (χ1) is 10.1. The van der Waals surface area contributed by atoms with Gasteiger partial charge < -0.3 is 0 Å². The molecule has 1 unspecified atom stereocenters. The van der Waals surface area contributed by atoms with Crippen molar-refractivity contribution >= 4 is 15.8 Å². The number of hydrogen-bond acceptors (Lipinski definition) is 5. The summed E-state index contributed by atoms with van der Waals surface area (Å²) in [5.41, 5.74) is 0.717. The minimum absolute atomic E-state index is 0.0289. The maximum absolute atomic E-state index is 12.0. The third-order valence-electron chi connectivity index (χ3n) is 3.53. The van der Waals surface area contributed by atoms with Crippen LogP contribution in [0, 0.1) is 17.2 Å². The maximum Gasteiger partial charge on any atom is 0.358 e. The molecule has 1 aliphatic rings. The van der Waals surface area contributed by atoms with Crippen LogP contribution in [-0.4, -0.2) is 14.1 Å². The molecular weight excluding hydrogens is 288 g/mol. The van der Waals surface area contributed by atoms with E-state index in [2.05, 4.69) is 11.2 Å². The molecule has 1 aliphatic carbocycles. The smallest absolute Gasteiger partial charge is 0.265 e. The molecule has 0 aromatic heterocycles. The molecular formula is C15H18N2O3S. The average Bonchev–Trinajstić information content (AvgIpc) is 2.48. The predicted molar refractivity (Wildman–Crippen MR) is 79.0 cm³/mol. The van der Waals surface area contributed by atoms with Gasteiger partial charge in [-0.2, -0.15) is 13.7 Å². The van der Waals surface area contributed by atoms with Crippen molar-refractivity contribution in [2.75, 3.05) is 0 Å². The zero-order chi connectivity index (χ0) is 15.1. The molecule has 0 aliphatic heterocycles. The van der Waals surface area contributed by atoms with Gasteiger partial charge in [0, 0.05) is 5.92 Å². The lowest BCUT2D eigenvalue weighted by molar-refractivity contribution is 0.334. The van der Waals surface area contributed by atoms with Gasteiger partial charge in [0.15, 0.2) is 0 Å². The van der Waals surface area contributed by atoms with E-state index in [4.69, 9.17) is 9.55 Å². The van der Waals surface area contributed by atoms with Crippen molar-refractivity contribution < 1.29 is 12.7 Å². The first kappa shape index (κ1) is 15.5. The van der Waals surface area contributed by atoms with Crippen molar-refractivity contribution in [1.82, 2.24) is 0 Å². The highest BCUT2D eigenvalue weighted by Gasteiger charge is 2.17. The Morgan fingerprint density at radius 3 is 2.62 bits per heavy atom. The van der Waals surface area contributed by atoms with E-state index in [1.54, 1.807) is 18.2 Å². The van der Waals surface area contributed by atoms with E-state index < -0.39 is 10.1 Å². The zero-order valence-electron chi connectivity index (χ0n) is 11.7.